The first-order chi connectivity index (χ1) is 14.1. The van der Waals surface area contributed by atoms with Crippen LogP contribution in [0, 0.1) is 0 Å². The van der Waals surface area contributed by atoms with Gasteiger partial charge in [0.25, 0.3) is 0 Å². The third-order valence-electron chi connectivity index (χ3n) is 4.49. The second-order valence-corrected chi connectivity index (χ2v) is 8.30. The Morgan fingerprint density at radius 2 is 1.48 bits per heavy atom. The van der Waals surface area contributed by atoms with E-state index in [1.165, 1.54) is 0 Å². The first kappa shape index (κ1) is 19.9. The monoisotopic (exact) mass is 479 g/mol. The molecule has 0 spiro atoms. The number of benzene rings is 3. The predicted octanol–water partition coefficient (Wildman–Crippen LogP) is 8.64. The molecule has 1 heterocycles. The first-order valence-corrected chi connectivity index (χ1v) is 10.6. The van der Waals surface area contributed by atoms with E-state index >= 15 is 0 Å². The molecular formula is C25H16BrCl2N. The van der Waals surface area contributed by atoms with Gasteiger partial charge in [-0.05, 0) is 59.2 Å². The molecule has 0 radical (unpaired) electrons. The molecule has 0 aliphatic heterocycles. The Balaban J connectivity index is 1.72. The molecule has 1 aromatic heterocycles. The lowest BCUT2D eigenvalue weighted by molar-refractivity contribution is 1.37. The minimum atomic E-state index is 0.616. The number of pyridine rings is 1. The van der Waals surface area contributed by atoms with Gasteiger partial charge in [0.15, 0.2) is 0 Å². The summed E-state index contributed by atoms with van der Waals surface area (Å²) >= 11 is 15.7. The number of hydrogen-bond acceptors (Lipinski definition) is 1. The SMILES string of the molecule is Clc1ccc(/C=C/c2cc(/C=C/c3ccc(Br)cc3)c3ccccc3n2)c(Cl)c1. The Hall–Kier alpha value is -2.39. The van der Waals surface area contributed by atoms with Crippen molar-refractivity contribution in [3.8, 4) is 0 Å². The summed E-state index contributed by atoms with van der Waals surface area (Å²) in [5, 5.41) is 2.35. The van der Waals surface area contributed by atoms with Gasteiger partial charge in [-0.1, -0.05) is 93.8 Å². The summed E-state index contributed by atoms with van der Waals surface area (Å²) in [7, 11) is 0. The number of fused-ring (bicyclic) bond motifs is 1. The molecule has 1 nitrogen and oxygen atoms in total. The predicted molar refractivity (Wildman–Crippen MR) is 130 cm³/mol. The van der Waals surface area contributed by atoms with E-state index in [0.29, 0.717) is 10.0 Å². The van der Waals surface area contributed by atoms with Gasteiger partial charge in [0, 0.05) is 19.9 Å². The highest BCUT2D eigenvalue weighted by molar-refractivity contribution is 9.10. The van der Waals surface area contributed by atoms with Gasteiger partial charge in [-0.15, -0.1) is 0 Å². The van der Waals surface area contributed by atoms with Crippen LogP contribution in [0.5, 0.6) is 0 Å². The van der Waals surface area contributed by atoms with Gasteiger partial charge in [0.1, 0.15) is 0 Å². The van der Waals surface area contributed by atoms with Crippen LogP contribution in [-0.4, -0.2) is 4.98 Å². The Bertz CT molecular complexity index is 1230. The standard InChI is InChI=1S/C25H16BrCl2N/c26-20-11-6-17(7-12-20)5-8-19-15-22(29-25-4-2-1-3-23(19)25)14-10-18-9-13-21(27)16-24(18)28/h1-16H/b8-5+,14-10+. The summed E-state index contributed by atoms with van der Waals surface area (Å²) in [6.45, 7) is 0. The topological polar surface area (TPSA) is 12.9 Å². The van der Waals surface area contributed by atoms with Crippen molar-refractivity contribution in [2.75, 3.05) is 0 Å². The summed E-state index contributed by atoms with van der Waals surface area (Å²) in [5.74, 6) is 0. The number of aromatic nitrogens is 1. The number of rotatable bonds is 4. The van der Waals surface area contributed by atoms with Crippen molar-refractivity contribution >= 4 is 74.3 Å². The molecule has 142 valence electrons. The quantitative estimate of drug-likeness (QED) is 0.284. The van der Waals surface area contributed by atoms with Crippen LogP contribution < -0.4 is 0 Å². The average Bonchev–Trinajstić information content (AvgIpc) is 2.72. The fourth-order valence-corrected chi connectivity index (χ4v) is 3.75. The van der Waals surface area contributed by atoms with Crippen LogP contribution in [0.3, 0.4) is 0 Å². The van der Waals surface area contributed by atoms with Crippen LogP contribution in [0.4, 0.5) is 0 Å². The maximum absolute atomic E-state index is 6.28. The molecule has 0 fully saturated rings. The normalized spacial score (nSPS) is 11.7. The fourth-order valence-electron chi connectivity index (χ4n) is 3.02. The van der Waals surface area contributed by atoms with Crippen molar-refractivity contribution in [3.63, 3.8) is 0 Å². The van der Waals surface area contributed by atoms with E-state index in [9.17, 15) is 0 Å². The van der Waals surface area contributed by atoms with Gasteiger partial charge in [-0.25, -0.2) is 4.98 Å². The highest BCUT2D eigenvalue weighted by Crippen LogP contribution is 2.25. The molecule has 4 heteroatoms. The van der Waals surface area contributed by atoms with Gasteiger partial charge in [-0.2, -0.15) is 0 Å². The van der Waals surface area contributed by atoms with Crippen LogP contribution in [0.1, 0.15) is 22.4 Å². The fraction of sp³-hybridized carbons (Fsp3) is 0. The van der Waals surface area contributed by atoms with Gasteiger partial charge in [0.05, 0.1) is 11.2 Å². The molecule has 0 aliphatic rings. The van der Waals surface area contributed by atoms with E-state index in [-0.39, 0.29) is 0 Å². The van der Waals surface area contributed by atoms with Crippen molar-refractivity contribution in [2.45, 2.75) is 0 Å². The lowest BCUT2D eigenvalue weighted by Crippen LogP contribution is -1.87. The summed E-state index contributed by atoms with van der Waals surface area (Å²) in [5.41, 5.74) is 4.97. The summed E-state index contributed by atoms with van der Waals surface area (Å²) in [4.78, 5) is 4.77. The maximum Gasteiger partial charge on any atom is 0.0715 e. The molecule has 0 saturated heterocycles. The van der Waals surface area contributed by atoms with Crippen LogP contribution in [0.25, 0.3) is 35.2 Å². The third-order valence-corrected chi connectivity index (χ3v) is 5.58. The van der Waals surface area contributed by atoms with Gasteiger partial charge in [-0.3, -0.25) is 0 Å². The molecule has 4 aromatic rings. The van der Waals surface area contributed by atoms with Gasteiger partial charge >= 0.3 is 0 Å². The van der Waals surface area contributed by atoms with Crippen LogP contribution >= 0.6 is 39.1 Å². The van der Waals surface area contributed by atoms with Crippen molar-refractivity contribution in [1.82, 2.24) is 4.98 Å². The zero-order valence-corrected chi connectivity index (χ0v) is 18.4. The lowest BCUT2D eigenvalue weighted by Gasteiger charge is -2.05. The van der Waals surface area contributed by atoms with Gasteiger partial charge in [0.2, 0.25) is 0 Å². The van der Waals surface area contributed by atoms with E-state index in [0.717, 1.165) is 37.8 Å². The summed E-state index contributed by atoms with van der Waals surface area (Å²) in [6.07, 6.45) is 8.16. The zero-order valence-electron chi connectivity index (χ0n) is 15.3. The van der Waals surface area contributed by atoms with E-state index in [4.69, 9.17) is 28.2 Å². The Kier molecular flexibility index (Phi) is 6.15. The van der Waals surface area contributed by atoms with E-state index in [1.807, 2.05) is 54.6 Å². The molecule has 0 atom stereocenters. The van der Waals surface area contributed by atoms with E-state index in [2.05, 4.69) is 52.3 Å². The Morgan fingerprint density at radius 3 is 2.28 bits per heavy atom. The molecule has 0 N–H and O–H groups in total. The van der Waals surface area contributed by atoms with Crippen molar-refractivity contribution in [1.29, 1.82) is 0 Å². The zero-order chi connectivity index (χ0) is 20.2. The molecule has 0 bridgehead atoms. The van der Waals surface area contributed by atoms with E-state index < -0.39 is 0 Å². The minimum Gasteiger partial charge on any atom is -0.248 e. The van der Waals surface area contributed by atoms with Crippen molar-refractivity contribution < 1.29 is 0 Å². The molecule has 0 unspecified atom stereocenters. The number of hydrogen-bond donors (Lipinski definition) is 0. The smallest absolute Gasteiger partial charge is 0.0715 e. The number of para-hydroxylation sites is 1. The maximum atomic E-state index is 6.28. The second kappa shape index (κ2) is 8.96. The largest absolute Gasteiger partial charge is 0.248 e. The van der Waals surface area contributed by atoms with Crippen molar-refractivity contribution in [2.24, 2.45) is 0 Å². The molecule has 3 aromatic carbocycles. The van der Waals surface area contributed by atoms with Crippen LogP contribution in [-0.2, 0) is 0 Å². The molecule has 0 aliphatic carbocycles. The minimum absolute atomic E-state index is 0.616. The van der Waals surface area contributed by atoms with Crippen LogP contribution in [0.2, 0.25) is 10.0 Å². The molecule has 29 heavy (non-hydrogen) atoms. The highest BCUT2D eigenvalue weighted by atomic mass is 79.9. The van der Waals surface area contributed by atoms with Gasteiger partial charge < -0.3 is 0 Å². The Morgan fingerprint density at radius 1 is 0.724 bits per heavy atom. The van der Waals surface area contributed by atoms with E-state index in [1.54, 1.807) is 6.07 Å². The summed E-state index contributed by atoms with van der Waals surface area (Å²) < 4.78 is 1.07. The second-order valence-electron chi connectivity index (χ2n) is 6.54. The average molecular weight is 481 g/mol. The molecule has 0 amide bonds. The molecule has 0 saturated carbocycles. The van der Waals surface area contributed by atoms with Crippen molar-refractivity contribution in [3.05, 3.63) is 110 Å². The first-order valence-electron chi connectivity index (χ1n) is 9.05. The Labute approximate surface area is 188 Å². The lowest BCUT2D eigenvalue weighted by atomic mass is 10.1. The summed E-state index contributed by atoms with van der Waals surface area (Å²) in [6, 6.07) is 23.9. The highest BCUT2D eigenvalue weighted by Gasteiger charge is 2.03. The number of nitrogens with zero attached hydrogens (tertiary/aromatic N) is 1. The third kappa shape index (κ3) is 4.97. The number of halogens is 3. The molecular weight excluding hydrogens is 465 g/mol. The van der Waals surface area contributed by atoms with Crippen LogP contribution in [0.15, 0.2) is 77.3 Å². The molecule has 4 rings (SSSR count).